The van der Waals surface area contributed by atoms with E-state index in [0.29, 0.717) is 6.42 Å². The van der Waals surface area contributed by atoms with Crippen LogP contribution >= 0.6 is 0 Å². The minimum Gasteiger partial charge on any atom is -0.303 e. The van der Waals surface area contributed by atoms with E-state index in [1.165, 1.54) is 19.4 Å². The smallest absolute Gasteiger partial charge is 0.162 e. The van der Waals surface area contributed by atoms with Crippen molar-refractivity contribution < 1.29 is 4.79 Å². The van der Waals surface area contributed by atoms with Gasteiger partial charge in [-0.25, -0.2) is 0 Å². The van der Waals surface area contributed by atoms with Crippen LogP contribution in [0.3, 0.4) is 0 Å². The number of nitrogens with zero attached hydrogens (tertiary/aromatic N) is 1. The summed E-state index contributed by atoms with van der Waals surface area (Å²) in [4.78, 5) is 14.5. The summed E-state index contributed by atoms with van der Waals surface area (Å²) < 4.78 is 0. The Kier molecular flexibility index (Phi) is 8.20. The largest absolute Gasteiger partial charge is 0.303 e. The topological polar surface area (TPSA) is 20.3 Å². The van der Waals surface area contributed by atoms with Gasteiger partial charge in [-0.3, -0.25) is 4.79 Å². The molecule has 1 aromatic rings. The zero-order valence-corrected chi connectivity index (χ0v) is 13.3. The Hall–Kier alpha value is -1.15. The molecule has 0 atom stereocenters. The van der Waals surface area contributed by atoms with E-state index in [4.69, 9.17) is 0 Å². The third-order valence-electron chi connectivity index (χ3n) is 4.09. The van der Waals surface area contributed by atoms with Crippen LogP contribution in [0.1, 0.15) is 56.8 Å². The molecule has 0 aliphatic rings. The van der Waals surface area contributed by atoms with Crippen molar-refractivity contribution in [2.24, 2.45) is 5.92 Å². The van der Waals surface area contributed by atoms with Gasteiger partial charge >= 0.3 is 0 Å². The monoisotopic (exact) mass is 275 g/mol. The van der Waals surface area contributed by atoms with Crippen LogP contribution in [0.5, 0.6) is 0 Å². The van der Waals surface area contributed by atoms with Crippen molar-refractivity contribution in [3.8, 4) is 0 Å². The van der Waals surface area contributed by atoms with E-state index in [2.05, 4.69) is 25.7 Å². The molecule has 0 bridgehead atoms. The first-order valence-corrected chi connectivity index (χ1v) is 8.01. The normalized spacial score (nSPS) is 11.2. The lowest BCUT2D eigenvalue weighted by Crippen LogP contribution is -2.30. The second-order valence-corrected chi connectivity index (χ2v) is 5.47. The van der Waals surface area contributed by atoms with Crippen molar-refractivity contribution >= 4 is 5.78 Å². The van der Waals surface area contributed by atoms with E-state index in [1.807, 2.05) is 30.3 Å². The first kappa shape index (κ1) is 16.9. The number of benzene rings is 1. The summed E-state index contributed by atoms with van der Waals surface area (Å²) >= 11 is 0. The fraction of sp³-hybridized carbons (Fsp3) is 0.611. The Morgan fingerprint density at radius 3 is 2.30 bits per heavy atom. The molecule has 0 spiro atoms. The van der Waals surface area contributed by atoms with E-state index in [9.17, 15) is 4.79 Å². The second-order valence-electron chi connectivity index (χ2n) is 5.47. The van der Waals surface area contributed by atoms with Gasteiger partial charge in [0.15, 0.2) is 5.78 Å². The molecule has 20 heavy (non-hydrogen) atoms. The number of ketones is 1. The molecule has 112 valence electrons. The van der Waals surface area contributed by atoms with Crippen LogP contribution in [-0.4, -0.2) is 30.3 Å². The van der Waals surface area contributed by atoms with Crippen molar-refractivity contribution in [2.75, 3.05) is 19.6 Å². The predicted octanol–water partition coefficient (Wildman–Crippen LogP) is 4.41. The van der Waals surface area contributed by atoms with Gasteiger partial charge in [-0.1, -0.05) is 63.9 Å². The van der Waals surface area contributed by atoms with Crippen LogP contribution in [0.15, 0.2) is 30.3 Å². The molecule has 0 N–H and O–H groups in total. The van der Waals surface area contributed by atoms with Crippen LogP contribution < -0.4 is 0 Å². The summed E-state index contributed by atoms with van der Waals surface area (Å²) in [6, 6.07) is 9.62. The maximum atomic E-state index is 12.0. The molecule has 0 radical (unpaired) electrons. The quantitative estimate of drug-likeness (QED) is 0.590. The van der Waals surface area contributed by atoms with Gasteiger partial charge in [0.05, 0.1) is 0 Å². The molecular weight excluding hydrogens is 246 g/mol. The van der Waals surface area contributed by atoms with Gasteiger partial charge < -0.3 is 4.90 Å². The van der Waals surface area contributed by atoms with Gasteiger partial charge in [0.2, 0.25) is 0 Å². The lowest BCUT2D eigenvalue weighted by atomic mass is 10.0. The van der Waals surface area contributed by atoms with E-state index in [-0.39, 0.29) is 5.78 Å². The number of Topliss-reactive ketones (excluding diaryl/α,β-unsaturated/α-hetero) is 1. The van der Waals surface area contributed by atoms with Gasteiger partial charge in [-0.15, -0.1) is 0 Å². The first-order chi connectivity index (χ1) is 9.71. The Labute approximate surface area is 124 Å². The van der Waals surface area contributed by atoms with Crippen molar-refractivity contribution in [2.45, 2.75) is 46.5 Å². The van der Waals surface area contributed by atoms with E-state index in [0.717, 1.165) is 31.0 Å². The highest BCUT2D eigenvalue weighted by molar-refractivity contribution is 5.95. The SMILES string of the molecule is CCC(CC)CN(CC)CCCC(=O)c1ccccc1. The minimum atomic E-state index is 0.268. The van der Waals surface area contributed by atoms with E-state index >= 15 is 0 Å². The van der Waals surface area contributed by atoms with Gasteiger partial charge in [-0.2, -0.15) is 0 Å². The second kappa shape index (κ2) is 9.71. The molecule has 0 amide bonds. The summed E-state index contributed by atoms with van der Waals surface area (Å²) in [5.41, 5.74) is 0.843. The van der Waals surface area contributed by atoms with Gasteiger partial charge in [0, 0.05) is 18.5 Å². The Morgan fingerprint density at radius 2 is 1.75 bits per heavy atom. The third-order valence-corrected chi connectivity index (χ3v) is 4.09. The molecule has 0 unspecified atom stereocenters. The molecule has 0 saturated heterocycles. The highest BCUT2D eigenvalue weighted by atomic mass is 16.1. The lowest BCUT2D eigenvalue weighted by Gasteiger charge is -2.25. The fourth-order valence-electron chi connectivity index (χ4n) is 2.52. The van der Waals surface area contributed by atoms with Gasteiger partial charge in [-0.05, 0) is 25.4 Å². The highest BCUT2D eigenvalue weighted by Gasteiger charge is 2.11. The fourth-order valence-corrected chi connectivity index (χ4v) is 2.52. The summed E-state index contributed by atoms with van der Waals surface area (Å²) in [5.74, 6) is 1.06. The van der Waals surface area contributed by atoms with Gasteiger partial charge in [0.1, 0.15) is 0 Å². The highest BCUT2D eigenvalue weighted by Crippen LogP contribution is 2.11. The molecule has 0 saturated carbocycles. The molecular formula is C18H29NO. The third kappa shape index (κ3) is 5.87. The van der Waals surface area contributed by atoms with Crippen LogP contribution in [0, 0.1) is 5.92 Å². The predicted molar refractivity (Wildman–Crippen MR) is 86.2 cm³/mol. The maximum absolute atomic E-state index is 12.0. The average molecular weight is 275 g/mol. The number of hydrogen-bond acceptors (Lipinski definition) is 2. The van der Waals surface area contributed by atoms with Crippen molar-refractivity contribution in [3.05, 3.63) is 35.9 Å². The summed E-state index contributed by atoms with van der Waals surface area (Å²) in [5, 5.41) is 0. The Bertz CT molecular complexity index is 370. The Morgan fingerprint density at radius 1 is 1.10 bits per heavy atom. The molecule has 1 rings (SSSR count). The van der Waals surface area contributed by atoms with Crippen molar-refractivity contribution in [1.82, 2.24) is 4.90 Å². The zero-order valence-electron chi connectivity index (χ0n) is 13.3. The standard InChI is InChI=1S/C18H29NO/c1-4-16(5-2)15-19(6-3)14-10-13-18(20)17-11-8-7-9-12-17/h7-9,11-12,16H,4-6,10,13-15H2,1-3H3. The van der Waals surface area contributed by atoms with Crippen molar-refractivity contribution in [3.63, 3.8) is 0 Å². The minimum absolute atomic E-state index is 0.268. The van der Waals surface area contributed by atoms with Crippen LogP contribution in [-0.2, 0) is 0 Å². The molecule has 2 nitrogen and oxygen atoms in total. The molecule has 2 heteroatoms. The molecule has 0 aliphatic heterocycles. The van der Waals surface area contributed by atoms with Crippen LogP contribution in [0.25, 0.3) is 0 Å². The zero-order chi connectivity index (χ0) is 14.8. The number of rotatable bonds is 10. The Balaban J connectivity index is 2.32. The molecule has 0 heterocycles. The molecule has 1 aromatic carbocycles. The number of carbonyl (C=O) groups excluding carboxylic acids is 1. The number of hydrogen-bond donors (Lipinski definition) is 0. The van der Waals surface area contributed by atoms with Gasteiger partial charge in [0.25, 0.3) is 0 Å². The first-order valence-electron chi connectivity index (χ1n) is 8.01. The van der Waals surface area contributed by atoms with Crippen LogP contribution in [0.4, 0.5) is 0 Å². The van der Waals surface area contributed by atoms with E-state index < -0.39 is 0 Å². The van der Waals surface area contributed by atoms with E-state index in [1.54, 1.807) is 0 Å². The maximum Gasteiger partial charge on any atom is 0.162 e. The number of carbonyl (C=O) groups is 1. The van der Waals surface area contributed by atoms with Crippen molar-refractivity contribution in [1.29, 1.82) is 0 Å². The molecule has 0 aromatic heterocycles. The summed E-state index contributed by atoms with van der Waals surface area (Å²) in [6.45, 7) is 10.0. The molecule has 0 fully saturated rings. The molecule has 0 aliphatic carbocycles. The average Bonchev–Trinajstić information content (AvgIpc) is 2.51. The summed E-state index contributed by atoms with van der Waals surface area (Å²) in [6.07, 6.45) is 4.11. The lowest BCUT2D eigenvalue weighted by molar-refractivity contribution is 0.0973. The summed E-state index contributed by atoms with van der Waals surface area (Å²) in [7, 11) is 0. The van der Waals surface area contributed by atoms with Crippen LogP contribution in [0.2, 0.25) is 0 Å².